The first kappa shape index (κ1) is 13.4. The van der Waals surface area contributed by atoms with Gasteiger partial charge in [-0.15, -0.1) is 0 Å². The van der Waals surface area contributed by atoms with Crippen LogP contribution in [0.1, 0.15) is 18.5 Å². The number of rotatable bonds is 5. The van der Waals surface area contributed by atoms with Crippen molar-refractivity contribution in [2.45, 2.75) is 13.0 Å². The summed E-state index contributed by atoms with van der Waals surface area (Å²) in [5, 5.41) is 5.96. The van der Waals surface area contributed by atoms with E-state index < -0.39 is 0 Å². The van der Waals surface area contributed by atoms with Crippen LogP contribution in [0.25, 0.3) is 10.8 Å². The van der Waals surface area contributed by atoms with Crippen molar-refractivity contribution in [1.29, 1.82) is 0 Å². The van der Waals surface area contributed by atoms with E-state index in [9.17, 15) is 0 Å². The molecule has 1 N–H and O–H groups in total. The standard InChI is InChI=1S/C15H20N2S/c1-11(10-18-3)15(16-2)14-9-17-8-12-6-4-5-7-13(12)14/h4-9,11,15-16H,10H2,1-3H3. The quantitative estimate of drug-likeness (QED) is 0.890. The summed E-state index contributed by atoms with van der Waals surface area (Å²) in [6, 6.07) is 8.82. The van der Waals surface area contributed by atoms with Gasteiger partial charge in [0.2, 0.25) is 0 Å². The molecule has 96 valence electrons. The summed E-state index contributed by atoms with van der Waals surface area (Å²) >= 11 is 1.89. The van der Waals surface area contributed by atoms with E-state index in [1.54, 1.807) is 0 Å². The number of pyridine rings is 1. The Kier molecular flexibility index (Phi) is 4.61. The number of hydrogen-bond acceptors (Lipinski definition) is 3. The molecule has 0 spiro atoms. The largest absolute Gasteiger partial charge is 0.313 e. The normalized spacial score (nSPS) is 14.6. The number of nitrogens with zero attached hydrogens (tertiary/aromatic N) is 1. The number of fused-ring (bicyclic) bond motifs is 1. The van der Waals surface area contributed by atoms with Gasteiger partial charge in [-0.3, -0.25) is 4.98 Å². The first-order valence-electron chi connectivity index (χ1n) is 6.26. The van der Waals surface area contributed by atoms with Crippen molar-refractivity contribution < 1.29 is 0 Å². The summed E-state index contributed by atoms with van der Waals surface area (Å²) < 4.78 is 0. The van der Waals surface area contributed by atoms with E-state index >= 15 is 0 Å². The van der Waals surface area contributed by atoms with Crippen molar-refractivity contribution in [2.24, 2.45) is 5.92 Å². The average Bonchev–Trinajstić information content (AvgIpc) is 2.40. The van der Waals surface area contributed by atoms with E-state index in [0.29, 0.717) is 12.0 Å². The van der Waals surface area contributed by atoms with Gasteiger partial charge in [0.1, 0.15) is 0 Å². The summed E-state index contributed by atoms with van der Waals surface area (Å²) in [4.78, 5) is 4.38. The lowest BCUT2D eigenvalue weighted by atomic mass is 9.93. The van der Waals surface area contributed by atoms with Crippen molar-refractivity contribution in [3.63, 3.8) is 0 Å². The van der Waals surface area contributed by atoms with Gasteiger partial charge in [0.25, 0.3) is 0 Å². The first-order chi connectivity index (χ1) is 8.77. The van der Waals surface area contributed by atoms with Crippen LogP contribution < -0.4 is 5.32 Å². The van der Waals surface area contributed by atoms with Gasteiger partial charge in [0.05, 0.1) is 0 Å². The molecule has 0 fully saturated rings. The molecule has 18 heavy (non-hydrogen) atoms. The molecular formula is C15H20N2S. The second kappa shape index (κ2) is 6.21. The van der Waals surface area contributed by atoms with Crippen LogP contribution in [0.15, 0.2) is 36.7 Å². The maximum absolute atomic E-state index is 4.38. The van der Waals surface area contributed by atoms with E-state index in [1.165, 1.54) is 16.3 Å². The molecule has 0 saturated carbocycles. The second-order valence-corrected chi connectivity index (χ2v) is 5.56. The number of thioether (sulfide) groups is 1. The highest BCUT2D eigenvalue weighted by Gasteiger charge is 2.19. The molecule has 0 aliphatic heterocycles. The Balaban J connectivity index is 2.44. The van der Waals surface area contributed by atoms with Gasteiger partial charge in [-0.1, -0.05) is 31.2 Å². The Morgan fingerprint density at radius 3 is 2.78 bits per heavy atom. The minimum absolute atomic E-state index is 0.357. The van der Waals surface area contributed by atoms with Gasteiger partial charge in [-0.25, -0.2) is 0 Å². The molecule has 2 rings (SSSR count). The molecular weight excluding hydrogens is 240 g/mol. The first-order valence-corrected chi connectivity index (χ1v) is 7.66. The van der Waals surface area contributed by atoms with Crippen LogP contribution in [0.4, 0.5) is 0 Å². The van der Waals surface area contributed by atoms with Crippen LogP contribution in [0.3, 0.4) is 0 Å². The van der Waals surface area contributed by atoms with E-state index in [0.717, 1.165) is 5.75 Å². The highest BCUT2D eigenvalue weighted by Crippen LogP contribution is 2.29. The Labute approximate surface area is 113 Å². The topological polar surface area (TPSA) is 24.9 Å². The SMILES string of the molecule is CNC(c1cncc2ccccc12)C(C)CSC. The Bertz CT molecular complexity index is 507. The monoisotopic (exact) mass is 260 g/mol. The highest BCUT2D eigenvalue weighted by molar-refractivity contribution is 7.98. The number of hydrogen-bond donors (Lipinski definition) is 1. The Morgan fingerprint density at radius 2 is 2.06 bits per heavy atom. The van der Waals surface area contributed by atoms with Crippen molar-refractivity contribution in [2.75, 3.05) is 19.1 Å². The maximum Gasteiger partial charge on any atom is 0.0372 e. The molecule has 1 heterocycles. The average molecular weight is 260 g/mol. The maximum atomic E-state index is 4.38. The van der Waals surface area contributed by atoms with Crippen molar-refractivity contribution in [3.05, 3.63) is 42.2 Å². The molecule has 2 aromatic rings. The van der Waals surface area contributed by atoms with Crippen LogP contribution in [0.5, 0.6) is 0 Å². The minimum Gasteiger partial charge on any atom is -0.313 e. The van der Waals surface area contributed by atoms with Gasteiger partial charge >= 0.3 is 0 Å². The number of nitrogens with one attached hydrogen (secondary N) is 1. The van der Waals surface area contributed by atoms with Crippen LogP contribution in [-0.2, 0) is 0 Å². The molecule has 0 radical (unpaired) electrons. The summed E-state index contributed by atoms with van der Waals surface area (Å²) in [6.45, 7) is 2.29. The third kappa shape index (κ3) is 2.68. The minimum atomic E-state index is 0.357. The summed E-state index contributed by atoms with van der Waals surface area (Å²) in [6.07, 6.45) is 6.09. The molecule has 2 unspecified atom stereocenters. The Morgan fingerprint density at radius 1 is 1.28 bits per heavy atom. The Hall–Kier alpha value is -1.06. The molecule has 3 heteroatoms. The van der Waals surface area contributed by atoms with Crippen molar-refractivity contribution in [3.8, 4) is 0 Å². The van der Waals surface area contributed by atoms with Gasteiger partial charge in [-0.2, -0.15) is 11.8 Å². The van der Waals surface area contributed by atoms with Gasteiger partial charge in [0.15, 0.2) is 0 Å². The fourth-order valence-electron chi connectivity index (χ4n) is 2.49. The molecule has 0 aliphatic rings. The lowest BCUT2D eigenvalue weighted by Gasteiger charge is -2.24. The molecule has 0 saturated heterocycles. The van der Waals surface area contributed by atoms with Gasteiger partial charge in [0, 0.05) is 23.8 Å². The summed E-state index contributed by atoms with van der Waals surface area (Å²) in [5.74, 6) is 1.73. The zero-order valence-corrected chi connectivity index (χ0v) is 12.0. The van der Waals surface area contributed by atoms with Crippen LogP contribution in [0, 0.1) is 5.92 Å². The molecule has 1 aromatic carbocycles. The van der Waals surface area contributed by atoms with E-state index in [1.807, 2.05) is 31.2 Å². The van der Waals surface area contributed by atoms with E-state index in [-0.39, 0.29) is 0 Å². The zero-order chi connectivity index (χ0) is 13.0. The predicted molar refractivity (Wildman–Crippen MR) is 81.1 cm³/mol. The fourth-order valence-corrected chi connectivity index (χ4v) is 3.21. The molecule has 1 aromatic heterocycles. The second-order valence-electron chi connectivity index (χ2n) is 4.65. The van der Waals surface area contributed by atoms with Gasteiger partial charge in [-0.05, 0) is 35.9 Å². The van der Waals surface area contributed by atoms with Crippen LogP contribution in [0.2, 0.25) is 0 Å². The summed E-state index contributed by atoms with van der Waals surface area (Å²) in [5.41, 5.74) is 1.30. The van der Waals surface area contributed by atoms with E-state index in [2.05, 4.69) is 47.7 Å². The molecule has 0 aliphatic carbocycles. The highest BCUT2D eigenvalue weighted by atomic mass is 32.2. The third-order valence-corrected chi connectivity index (χ3v) is 4.20. The fraction of sp³-hybridized carbons (Fsp3) is 0.400. The lowest BCUT2D eigenvalue weighted by molar-refractivity contribution is 0.451. The molecule has 2 nitrogen and oxygen atoms in total. The summed E-state index contributed by atoms with van der Waals surface area (Å²) in [7, 11) is 2.03. The molecule has 0 amide bonds. The smallest absolute Gasteiger partial charge is 0.0372 e. The molecule has 0 bridgehead atoms. The third-order valence-electron chi connectivity index (χ3n) is 3.34. The predicted octanol–water partition coefficient (Wildman–Crippen LogP) is 3.49. The van der Waals surface area contributed by atoms with Crippen molar-refractivity contribution >= 4 is 22.5 Å². The number of benzene rings is 1. The number of aromatic nitrogens is 1. The van der Waals surface area contributed by atoms with Crippen molar-refractivity contribution in [1.82, 2.24) is 10.3 Å². The van der Waals surface area contributed by atoms with Gasteiger partial charge < -0.3 is 5.32 Å². The zero-order valence-electron chi connectivity index (χ0n) is 11.2. The van der Waals surface area contributed by atoms with Crippen LogP contribution in [-0.4, -0.2) is 24.0 Å². The lowest BCUT2D eigenvalue weighted by Crippen LogP contribution is -2.25. The van der Waals surface area contributed by atoms with Crippen LogP contribution >= 0.6 is 11.8 Å². The molecule has 2 atom stereocenters. The van der Waals surface area contributed by atoms with E-state index in [4.69, 9.17) is 0 Å².